The molecule has 0 fully saturated rings. The van der Waals surface area contributed by atoms with Crippen LogP contribution in [0.3, 0.4) is 0 Å². The Morgan fingerprint density at radius 2 is 2.19 bits per heavy atom. The molecular formula is C12H15NO3. The number of benzene rings is 1. The van der Waals surface area contributed by atoms with Gasteiger partial charge in [-0.1, -0.05) is 18.2 Å². The molecule has 0 amide bonds. The third-order valence-corrected chi connectivity index (χ3v) is 2.39. The Kier molecular flexibility index (Phi) is 3.10. The van der Waals surface area contributed by atoms with Crippen molar-refractivity contribution in [3.63, 3.8) is 0 Å². The summed E-state index contributed by atoms with van der Waals surface area (Å²) in [6.07, 6.45) is 0. The van der Waals surface area contributed by atoms with Crippen LogP contribution in [0.25, 0.3) is 0 Å². The lowest BCUT2D eigenvalue weighted by Gasteiger charge is -2.12. The zero-order chi connectivity index (χ0) is 11.4. The van der Waals surface area contributed by atoms with Crippen molar-refractivity contribution in [3.05, 3.63) is 30.3 Å². The fraction of sp³-hybridized carbons (Fsp3) is 0.417. The predicted octanol–water partition coefficient (Wildman–Crippen LogP) is 1.25. The van der Waals surface area contributed by atoms with Crippen LogP contribution in [0.15, 0.2) is 35.3 Å². The summed E-state index contributed by atoms with van der Waals surface area (Å²) in [5.41, 5.74) is -0.505. The van der Waals surface area contributed by atoms with Crippen LogP contribution >= 0.6 is 0 Å². The third-order valence-electron chi connectivity index (χ3n) is 2.39. The van der Waals surface area contributed by atoms with Crippen LogP contribution in [0, 0.1) is 0 Å². The first-order valence-electron chi connectivity index (χ1n) is 5.22. The van der Waals surface area contributed by atoms with Crippen molar-refractivity contribution in [1.82, 2.24) is 0 Å². The van der Waals surface area contributed by atoms with Crippen LogP contribution in [-0.4, -0.2) is 36.4 Å². The van der Waals surface area contributed by atoms with E-state index >= 15 is 0 Å². The molecule has 0 aliphatic carbocycles. The standard InChI is InChI=1S/C12H15NO3/c1-12(8-14)9-16-11(13-12)7-15-10-5-3-2-4-6-10/h2-6,14H,7-9H2,1H3. The van der Waals surface area contributed by atoms with Crippen molar-refractivity contribution in [2.75, 3.05) is 19.8 Å². The molecule has 1 unspecified atom stereocenters. The molecular weight excluding hydrogens is 206 g/mol. The number of ether oxygens (including phenoxy) is 2. The first-order valence-corrected chi connectivity index (χ1v) is 5.22. The molecule has 0 saturated carbocycles. The van der Waals surface area contributed by atoms with Gasteiger partial charge in [0, 0.05) is 0 Å². The van der Waals surface area contributed by atoms with Gasteiger partial charge in [-0.25, -0.2) is 4.99 Å². The van der Waals surface area contributed by atoms with Gasteiger partial charge in [0.05, 0.1) is 6.61 Å². The Morgan fingerprint density at radius 1 is 1.44 bits per heavy atom. The van der Waals surface area contributed by atoms with Crippen LogP contribution in [0.1, 0.15) is 6.92 Å². The molecule has 0 radical (unpaired) electrons. The Labute approximate surface area is 94.5 Å². The molecule has 4 nitrogen and oxygen atoms in total. The highest BCUT2D eigenvalue weighted by Gasteiger charge is 2.30. The molecule has 1 aliphatic rings. The Hall–Kier alpha value is -1.55. The Balaban J connectivity index is 1.90. The van der Waals surface area contributed by atoms with Gasteiger partial charge >= 0.3 is 0 Å². The van der Waals surface area contributed by atoms with Crippen LogP contribution < -0.4 is 4.74 Å². The molecule has 0 bridgehead atoms. The van der Waals surface area contributed by atoms with Crippen LogP contribution in [0.2, 0.25) is 0 Å². The molecule has 4 heteroatoms. The zero-order valence-electron chi connectivity index (χ0n) is 9.22. The zero-order valence-corrected chi connectivity index (χ0v) is 9.22. The van der Waals surface area contributed by atoms with Crippen LogP contribution in [-0.2, 0) is 4.74 Å². The number of rotatable bonds is 4. The average molecular weight is 221 g/mol. The lowest BCUT2D eigenvalue weighted by Crippen LogP contribution is -2.28. The van der Waals surface area contributed by atoms with Crippen molar-refractivity contribution in [3.8, 4) is 5.75 Å². The SMILES string of the molecule is CC1(CO)COC(COc2ccccc2)=N1. The van der Waals surface area contributed by atoms with Crippen molar-refractivity contribution < 1.29 is 14.6 Å². The topological polar surface area (TPSA) is 51.0 Å². The highest BCUT2D eigenvalue weighted by Crippen LogP contribution is 2.18. The second-order valence-electron chi connectivity index (χ2n) is 4.05. The number of aliphatic hydroxyl groups excluding tert-OH is 1. The number of nitrogens with zero attached hydrogens (tertiary/aromatic N) is 1. The third kappa shape index (κ3) is 2.52. The molecule has 16 heavy (non-hydrogen) atoms. The van der Waals surface area contributed by atoms with Gasteiger partial charge in [0.1, 0.15) is 17.9 Å². The molecule has 0 saturated heterocycles. The van der Waals surface area contributed by atoms with Crippen molar-refractivity contribution in [2.24, 2.45) is 4.99 Å². The first kappa shape index (κ1) is 11.0. The predicted molar refractivity (Wildman–Crippen MR) is 60.8 cm³/mol. The smallest absolute Gasteiger partial charge is 0.223 e. The van der Waals surface area contributed by atoms with Gasteiger partial charge in [-0.05, 0) is 19.1 Å². The maximum absolute atomic E-state index is 9.10. The summed E-state index contributed by atoms with van der Waals surface area (Å²) in [6.45, 7) is 2.56. The quantitative estimate of drug-likeness (QED) is 0.832. The fourth-order valence-electron chi connectivity index (χ4n) is 1.42. The second-order valence-corrected chi connectivity index (χ2v) is 4.05. The highest BCUT2D eigenvalue weighted by atomic mass is 16.5. The highest BCUT2D eigenvalue weighted by molar-refractivity contribution is 5.79. The lowest BCUT2D eigenvalue weighted by atomic mass is 10.1. The molecule has 0 aromatic heterocycles. The number of aliphatic hydroxyl groups is 1. The van der Waals surface area contributed by atoms with Crippen molar-refractivity contribution >= 4 is 5.90 Å². The van der Waals surface area contributed by atoms with E-state index in [-0.39, 0.29) is 6.61 Å². The molecule has 86 valence electrons. The average Bonchev–Trinajstić information content (AvgIpc) is 2.71. The van der Waals surface area contributed by atoms with Gasteiger partial charge in [-0.3, -0.25) is 0 Å². The summed E-state index contributed by atoms with van der Waals surface area (Å²) < 4.78 is 10.8. The van der Waals surface area contributed by atoms with E-state index in [1.807, 2.05) is 37.3 Å². The van der Waals surface area contributed by atoms with E-state index in [4.69, 9.17) is 14.6 Å². The van der Waals surface area contributed by atoms with E-state index in [1.54, 1.807) is 0 Å². The monoisotopic (exact) mass is 221 g/mol. The van der Waals surface area contributed by atoms with Gasteiger partial charge in [0.15, 0.2) is 6.61 Å². The normalized spacial score (nSPS) is 23.8. The Bertz CT molecular complexity index is 377. The van der Waals surface area contributed by atoms with Gasteiger partial charge in [0.25, 0.3) is 0 Å². The van der Waals surface area contributed by atoms with E-state index in [2.05, 4.69) is 4.99 Å². The lowest BCUT2D eigenvalue weighted by molar-refractivity contribution is 0.167. The van der Waals surface area contributed by atoms with Crippen molar-refractivity contribution in [2.45, 2.75) is 12.5 Å². The molecule has 1 N–H and O–H groups in total. The minimum absolute atomic E-state index is 0.0121. The molecule has 0 spiro atoms. The Morgan fingerprint density at radius 3 is 2.81 bits per heavy atom. The summed E-state index contributed by atoms with van der Waals surface area (Å²) in [5.74, 6) is 1.33. The molecule has 1 heterocycles. The second kappa shape index (κ2) is 4.53. The summed E-state index contributed by atoms with van der Waals surface area (Å²) in [7, 11) is 0. The molecule has 1 aromatic rings. The van der Waals surface area contributed by atoms with Gasteiger partial charge in [-0.15, -0.1) is 0 Å². The number of aliphatic imine (C=N–C) groups is 1. The van der Waals surface area contributed by atoms with Crippen LogP contribution in [0.4, 0.5) is 0 Å². The van der Waals surface area contributed by atoms with Gasteiger partial charge in [-0.2, -0.15) is 0 Å². The van der Waals surface area contributed by atoms with Gasteiger partial charge in [0.2, 0.25) is 5.90 Å². The summed E-state index contributed by atoms with van der Waals surface area (Å²) in [4.78, 5) is 4.27. The number of para-hydroxylation sites is 1. The fourth-order valence-corrected chi connectivity index (χ4v) is 1.42. The minimum Gasteiger partial charge on any atom is -0.484 e. The van der Waals surface area contributed by atoms with E-state index in [9.17, 15) is 0 Å². The number of hydrogen-bond donors (Lipinski definition) is 1. The molecule has 1 atom stereocenters. The number of hydrogen-bond acceptors (Lipinski definition) is 4. The van der Waals surface area contributed by atoms with E-state index in [0.717, 1.165) is 5.75 Å². The maximum Gasteiger partial charge on any atom is 0.223 e. The van der Waals surface area contributed by atoms with Crippen LogP contribution in [0.5, 0.6) is 5.75 Å². The minimum atomic E-state index is -0.505. The first-order chi connectivity index (χ1) is 7.72. The summed E-state index contributed by atoms with van der Waals surface area (Å²) in [5, 5.41) is 9.10. The van der Waals surface area contributed by atoms with E-state index in [0.29, 0.717) is 19.1 Å². The summed E-state index contributed by atoms with van der Waals surface area (Å²) >= 11 is 0. The van der Waals surface area contributed by atoms with Gasteiger partial charge < -0.3 is 14.6 Å². The van der Waals surface area contributed by atoms with Crippen molar-refractivity contribution in [1.29, 1.82) is 0 Å². The molecule has 1 aromatic carbocycles. The molecule has 2 rings (SSSR count). The van der Waals surface area contributed by atoms with E-state index < -0.39 is 5.54 Å². The van der Waals surface area contributed by atoms with E-state index in [1.165, 1.54) is 0 Å². The molecule has 1 aliphatic heterocycles. The maximum atomic E-state index is 9.10. The summed E-state index contributed by atoms with van der Waals surface area (Å²) in [6, 6.07) is 9.50. The largest absolute Gasteiger partial charge is 0.484 e.